The first kappa shape index (κ1) is 12.3. The third kappa shape index (κ3) is 2.38. The first-order valence-corrected chi connectivity index (χ1v) is 7.43. The van der Waals surface area contributed by atoms with Crippen LogP contribution in [0.15, 0.2) is 10.4 Å². The number of rotatable bonds is 2. The van der Waals surface area contributed by atoms with Gasteiger partial charge in [-0.3, -0.25) is 0 Å². The van der Waals surface area contributed by atoms with Gasteiger partial charge in [0.15, 0.2) is 8.68 Å². The molecule has 0 atom stereocenters. The van der Waals surface area contributed by atoms with Gasteiger partial charge in [-0.2, -0.15) is 4.31 Å². The van der Waals surface area contributed by atoms with Gasteiger partial charge in [0.2, 0.25) is 0 Å². The summed E-state index contributed by atoms with van der Waals surface area (Å²) in [5, 5.41) is 9.32. The molecule has 0 bridgehead atoms. The Bertz CT molecular complexity index is 465. The molecule has 0 radical (unpaired) electrons. The Morgan fingerprint density at radius 3 is 2.62 bits per heavy atom. The van der Waals surface area contributed by atoms with Gasteiger partial charge in [0.25, 0.3) is 10.0 Å². The lowest BCUT2D eigenvalue weighted by molar-refractivity contribution is 0.113. The molecule has 0 spiro atoms. The van der Waals surface area contributed by atoms with Crippen molar-refractivity contribution in [3.05, 3.63) is 10.7 Å². The van der Waals surface area contributed by atoms with Crippen molar-refractivity contribution >= 4 is 33.0 Å². The molecule has 0 amide bonds. The largest absolute Gasteiger partial charge is 0.393 e. The summed E-state index contributed by atoms with van der Waals surface area (Å²) in [7, 11) is -3.47. The number of hydrogen-bond acceptors (Lipinski definition) is 5. The Kier molecular flexibility index (Phi) is 3.50. The minimum atomic E-state index is -3.47. The molecule has 0 unspecified atom stereocenters. The standard InChI is InChI=1S/C8H11ClN2O3S2/c9-8-10-5-7(15-8)16(13,14)11-3-1-6(12)2-4-11/h5-6,12H,1-4H2. The van der Waals surface area contributed by atoms with Crippen molar-refractivity contribution in [3.8, 4) is 0 Å². The molecule has 90 valence electrons. The second kappa shape index (κ2) is 4.58. The fraction of sp³-hybridized carbons (Fsp3) is 0.625. The summed E-state index contributed by atoms with van der Waals surface area (Å²) in [6.07, 6.45) is 1.83. The van der Waals surface area contributed by atoms with Gasteiger partial charge >= 0.3 is 0 Å². The van der Waals surface area contributed by atoms with E-state index in [1.807, 2.05) is 0 Å². The van der Waals surface area contributed by atoms with Crippen LogP contribution >= 0.6 is 22.9 Å². The van der Waals surface area contributed by atoms with Gasteiger partial charge in [-0.05, 0) is 12.8 Å². The zero-order valence-electron chi connectivity index (χ0n) is 8.34. The maximum absolute atomic E-state index is 12.1. The lowest BCUT2D eigenvalue weighted by Crippen LogP contribution is -2.39. The highest BCUT2D eigenvalue weighted by atomic mass is 35.5. The van der Waals surface area contributed by atoms with Crippen LogP contribution in [0.25, 0.3) is 0 Å². The summed E-state index contributed by atoms with van der Waals surface area (Å²) < 4.78 is 25.9. The Balaban J connectivity index is 2.20. The van der Waals surface area contributed by atoms with Crippen LogP contribution in [0.1, 0.15) is 12.8 Å². The summed E-state index contributed by atoms with van der Waals surface area (Å²) in [5.74, 6) is 0. The number of sulfonamides is 1. The summed E-state index contributed by atoms with van der Waals surface area (Å²) in [6.45, 7) is 0.692. The van der Waals surface area contributed by atoms with Crippen LogP contribution in [0, 0.1) is 0 Å². The van der Waals surface area contributed by atoms with E-state index in [1.165, 1.54) is 10.5 Å². The lowest BCUT2D eigenvalue weighted by Gasteiger charge is -2.27. The molecule has 1 aliphatic rings. The van der Waals surface area contributed by atoms with E-state index in [0.29, 0.717) is 25.9 Å². The highest BCUT2D eigenvalue weighted by Crippen LogP contribution is 2.27. The zero-order chi connectivity index (χ0) is 11.8. The van der Waals surface area contributed by atoms with Gasteiger partial charge in [-0.25, -0.2) is 13.4 Å². The number of hydrogen-bond donors (Lipinski definition) is 1. The van der Waals surface area contributed by atoms with Crippen LogP contribution in [-0.2, 0) is 10.0 Å². The summed E-state index contributed by atoms with van der Waals surface area (Å²) in [6, 6.07) is 0. The molecule has 8 heteroatoms. The van der Waals surface area contributed by atoms with E-state index in [9.17, 15) is 13.5 Å². The van der Waals surface area contributed by atoms with Crippen molar-refractivity contribution in [1.29, 1.82) is 0 Å². The summed E-state index contributed by atoms with van der Waals surface area (Å²) in [5.41, 5.74) is 0. The number of aliphatic hydroxyl groups is 1. The minimum absolute atomic E-state index is 0.161. The molecule has 1 aromatic rings. The van der Waals surface area contributed by atoms with Gasteiger partial charge in [0.1, 0.15) is 0 Å². The molecule has 5 nitrogen and oxygen atoms in total. The van der Waals surface area contributed by atoms with E-state index in [1.54, 1.807) is 0 Å². The molecule has 1 N–H and O–H groups in total. The molecule has 1 aliphatic heterocycles. The van der Waals surface area contributed by atoms with E-state index in [4.69, 9.17) is 11.6 Å². The second-order valence-corrected chi connectivity index (χ2v) is 7.35. The van der Waals surface area contributed by atoms with Crippen LogP contribution in [-0.4, -0.2) is 42.0 Å². The van der Waals surface area contributed by atoms with Crippen LogP contribution < -0.4 is 0 Å². The van der Waals surface area contributed by atoms with Gasteiger partial charge in [-0.1, -0.05) is 22.9 Å². The molecule has 0 aromatic carbocycles. The van der Waals surface area contributed by atoms with Gasteiger partial charge in [0, 0.05) is 13.1 Å². The van der Waals surface area contributed by atoms with Crippen LogP contribution in [0.5, 0.6) is 0 Å². The van der Waals surface area contributed by atoms with Gasteiger partial charge in [-0.15, -0.1) is 0 Å². The van der Waals surface area contributed by atoms with Crippen LogP contribution in [0.3, 0.4) is 0 Å². The molecular formula is C8H11ClN2O3S2. The molecule has 2 heterocycles. The summed E-state index contributed by atoms with van der Waals surface area (Å²) >= 11 is 6.56. The van der Waals surface area contributed by atoms with E-state index in [-0.39, 0.29) is 8.68 Å². The average molecular weight is 283 g/mol. The van der Waals surface area contributed by atoms with E-state index in [0.717, 1.165) is 11.3 Å². The topological polar surface area (TPSA) is 70.5 Å². The smallest absolute Gasteiger partial charge is 0.254 e. The molecule has 0 aliphatic carbocycles. The predicted octanol–water partition coefficient (Wildman–Crippen LogP) is 0.942. The fourth-order valence-corrected chi connectivity index (χ4v) is 4.49. The number of halogens is 1. The maximum Gasteiger partial charge on any atom is 0.254 e. The molecule has 0 saturated carbocycles. The summed E-state index contributed by atoms with van der Waals surface area (Å²) in [4.78, 5) is 3.72. The van der Waals surface area contributed by atoms with Crippen molar-refractivity contribution in [2.45, 2.75) is 23.2 Å². The number of thiazole rings is 1. The first-order valence-electron chi connectivity index (χ1n) is 4.79. The SMILES string of the molecule is O=S(=O)(c1cnc(Cl)s1)N1CCC(O)CC1. The Labute approximate surface area is 103 Å². The van der Waals surface area contributed by atoms with Crippen molar-refractivity contribution in [3.63, 3.8) is 0 Å². The fourth-order valence-electron chi connectivity index (χ4n) is 1.57. The van der Waals surface area contributed by atoms with E-state index in [2.05, 4.69) is 4.98 Å². The molecule has 2 rings (SSSR count). The monoisotopic (exact) mass is 282 g/mol. The minimum Gasteiger partial charge on any atom is -0.393 e. The van der Waals surface area contributed by atoms with Gasteiger partial charge in [0.05, 0.1) is 12.3 Å². The maximum atomic E-state index is 12.1. The predicted molar refractivity (Wildman–Crippen MR) is 61.1 cm³/mol. The van der Waals surface area contributed by atoms with Crippen molar-refractivity contribution < 1.29 is 13.5 Å². The van der Waals surface area contributed by atoms with E-state index >= 15 is 0 Å². The highest BCUT2D eigenvalue weighted by Gasteiger charge is 2.30. The number of piperidine rings is 1. The zero-order valence-corrected chi connectivity index (χ0v) is 10.7. The molecule has 1 aromatic heterocycles. The number of aliphatic hydroxyl groups excluding tert-OH is 1. The second-order valence-electron chi connectivity index (χ2n) is 3.57. The quantitative estimate of drug-likeness (QED) is 0.876. The number of nitrogens with zero attached hydrogens (tertiary/aromatic N) is 2. The molecule has 1 fully saturated rings. The molecular weight excluding hydrogens is 272 g/mol. The normalized spacial score (nSPS) is 20.1. The van der Waals surface area contributed by atoms with Crippen LogP contribution in [0.4, 0.5) is 0 Å². The van der Waals surface area contributed by atoms with Crippen molar-refractivity contribution in [2.24, 2.45) is 0 Å². The Morgan fingerprint density at radius 2 is 2.12 bits per heavy atom. The van der Waals surface area contributed by atoms with Crippen molar-refractivity contribution in [2.75, 3.05) is 13.1 Å². The highest BCUT2D eigenvalue weighted by molar-refractivity contribution is 7.91. The lowest BCUT2D eigenvalue weighted by atomic mass is 10.1. The van der Waals surface area contributed by atoms with Gasteiger partial charge < -0.3 is 5.11 Å². The third-order valence-electron chi connectivity index (χ3n) is 2.47. The Morgan fingerprint density at radius 1 is 1.50 bits per heavy atom. The Hall–Kier alpha value is -0.210. The van der Waals surface area contributed by atoms with Crippen LogP contribution in [0.2, 0.25) is 4.47 Å². The third-order valence-corrected chi connectivity index (χ3v) is 5.92. The average Bonchev–Trinajstić information content (AvgIpc) is 2.66. The number of aromatic nitrogens is 1. The van der Waals surface area contributed by atoms with Crippen molar-refractivity contribution in [1.82, 2.24) is 9.29 Å². The van der Waals surface area contributed by atoms with E-state index < -0.39 is 16.1 Å². The molecule has 1 saturated heterocycles. The molecule has 16 heavy (non-hydrogen) atoms. The first-order chi connectivity index (χ1) is 7.50.